The molecule has 1 aromatic heterocycles. The van der Waals surface area contributed by atoms with Gasteiger partial charge in [0.25, 0.3) is 0 Å². The normalized spacial score (nSPS) is 10.8. The monoisotopic (exact) mass is 500 g/mol. The van der Waals surface area contributed by atoms with Crippen molar-refractivity contribution >= 4 is 56.2 Å². The minimum absolute atomic E-state index is 0.351. The Labute approximate surface area is 144 Å². The van der Waals surface area contributed by atoms with Crippen LogP contribution in [-0.2, 0) is 0 Å². The lowest BCUT2D eigenvalue weighted by atomic mass is 10.1. The van der Waals surface area contributed by atoms with Gasteiger partial charge in [0.05, 0.1) is 13.2 Å². The number of hydrogen-bond acceptors (Lipinski definition) is 4. The minimum atomic E-state index is -0.351. The van der Waals surface area contributed by atoms with E-state index in [2.05, 4.69) is 45.2 Å². The van der Waals surface area contributed by atoms with Crippen LogP contribution in [0.4, 0.5) is 0 Å². The molecule has 0 aliphatic carbocycles. The summed E-state index contributed by atoms with van der Waals surface area (Å²) in [6.45, 7) is 3.08. The molecule has 6 heteroatoms. The second kappa shape index (κ2) is 7.48. The topological polar surface area (TPSA) is 48.7 Å². The molecule has 0 radical (unpaired) electrons. The van der Waals surface area contributed by atoms with Gasteiger partial charge in [-0.1, -0.05) is 45.2 Å². The van der Waals surface area contributed by atoms with Crippen LogP contribution in [0.2, 0.25) is 0 Å². The largest absolute Gasteiger partial charge is 0.489 e. The highest BCUT2D eigenvalue weighted by Crippen LogP contribution is 2.33. The van der Waals surface area contributed by atoms with Crippen LogP contribution in [0.5, 0.6) is 11.5 Å². The molecule has 108 valence electrons. The lowest BCUT2D eigenvalue weighted by Gasteiger charge is -2.13. The van der Waals surface area contributed by atoms with E-state index in [1.807, 2.05) is 13.0 Å². The van der Waals surface area contributed by atoms with Gasteiger partial charge in [-0.25, -0.2) is 4.79 Å². The van der Waals surface area contributed by atoms with Crippen molar-refractivity contribution in [3.05, 3.63) is 34.2 Å². The Morgan fingerprint density at radius 1 is 1.05 bits per heavy atom. The molecule has 2 rings (SSSR count). The fourth-order valence-electron chi connectivity index (χ4n) is 1.85. The summed E-state index contributed by atoms with van der Waals surface area (Å²) in [5.41, 5.74) is 1.05. The Morgan fingerprint density at radius 3 is 2.25 bits per heavy atom. The van der Waals surface area contributed by atoms with E-state index in [9.17, 15) is 4.79 Å². The molecule has 0 aliphatic heterocycles. The highest BCUT2D eigenvalue weighted by atomic mass is 127. The lowest BCUT2D eigenvalue weighted by Crippen LogP contribution is -2.05. The maximum Gasteiger partial charge on any atom is 0.336 e. The molecule has 0 N–H and O–H groups in total. The molecule has 1 heterocycles. The number of ether oxygens (including phenoxy) is 2. The third-order valence-electron chi connectivity index (χ3n) is 2.69. The maximum absolute atomic E-state index is 11.4. The van der Waals surface area contributed by atoms with Crippen LogP contribution in [0.3, 0.4) is 0 Å². The predicted octanol–water partition coefficient (Wildman–Crippen LogP) is 3.73. The van der Waals surface area contributed by atoms with Crippen LogP contribution in [0.15, 0.2) is 27.4 Å². The predicted molar refractivity (Wildman–Crippen MR) is 96.0 cm³/mol. The molecule has 0 aliphatic rings. The maximum atomic E-state index is 11.4. The molecule has 0 saturated heterocycles. The molecule has 0 saturated carbocycles. The van der Waals surface area contributed by atoms with Crippen molar-refractivity contribution in [3.8, 4) is 11.5 Å². The number of hydrogen-bond donors (Lipinski definition) is 0. The number of alkyl halides is 2. The lowest BCUT2D eigenvalue weighted by molar-refractivity contribution is 0.293. The first-order valence-corrected chi connectivity index (χ1v) is 9.17. The van der Waals surface area contributed by atoms with Gasteiger partial charge in [0.1, 0.15) is 5.58 Å². The zero-order chi connectivity index (χ0) is 14.5. The fourth-order valence-corrected chi connectivity index (χ4v) is 2.29. The van der Waals surface area contributed by atoms with Crippen molar-refractivity contribution in [2.75, 3.05) is 22.1 Å². The number of aryl methyl sites for hydroxylation is 1. The summed E-state index contributed by atoms with van der Waals surface area (Å²) in [5.74, 6) is 1.31. The summed E-state index contributed by atoms with van der Waals surface area (Å²) in [6.07, 6.45) is 0. The van der Waals surface area contributed by atoms with Gasteiger partial charge in [0.15, 0.2) is 11.5 Å². The summed E-state index contributed by atoms with van der Waals surface area (Å²) in [4.78, 5) is 11.4. The molecule has 1 aromatic carbocycles. The average molecular weight is 500 g/mol. The summed E-state index contributed by atoms with van der Waals surface area (Å²) in [7, 11) is 0. The Hall–Kier alpha value is -0.510. The van der Waals surface area contributed by atoms with Gasteiger partial charge in [0.2, 0.25) is 0 Å². The quantitative estimate of drug-likeness (QED) is 0.345. The van der Waals surface area contributed by atoms with Crippen LogP contribution in [0, 0.1) is 6.92 Å². The van der Waals surface area contributed by atoms with Crippen LogP contribution in [0.1, 0.15) is 5.56 Å². The molecular weight excluding hydrogens is 486 g/mol. The van der Waals surface area contributed by atoms with E-state index in [4.69, 9.17) is 13.9 Å². The number of rotatable bonds is 6. The summed E-state index contributed by atoms with van der Waals surface area (Å²) in [6, 6.07) is 5.09. The van der Waals surface area contributed by atoms with Crippen molar-refractivity contribution < 1.29 is 13.9 Å². The van der Waals surface area contributed by atoms with Gasteiger partial charge >= 0.3 is 5.63 Å². The van der Waals surface area contributed by atoms with E-state index in [-0.39, 0.29) is 5.63 Å². The van der Waals surface area contributed by atoms with Crippen molar-refractivity contribution in [2.45, 2.75) is 6.92 Å². The van der Waals surface area contributed by atoms with Crippen molar-refractivity contribution in [1.29, 1.82) is 0 Å². The summed E-state index contributed by atoms with van der Waals surface area (Å²) < 4.78 is 18.4. The second-order valence-corrected chi connectivity index (χ2v) is 6.28. The molecule has 2 aromatic rings. The average Bonchev–Trinajstić information content (AvgIpc) is 2.42. The molecule has 0 atom stereocenters. The van der Waals surface area contributed by atoms with Gasteiger partial charge in [-0.05, 0) is 18.6 Å². The van der Waals surface area contributed by atoms with Crippen molar-refractivity contribution in [2.24, 2.45) is 0 Å². The van der Waals surface area contributed by atoms with Gasteiger partial charge in [0, 0.05) is 26.4 Å². The summed E-state index contributed by atoms with van der Waals surface area (Å²) >= 11 is 4.50. The summed E-state index contributed by atoms with van der Waals surface area (Å²) in [5, 5.41) is 0.870. The number of halogens is 2. The van der Waals surface area contributed by atoms with E-state index < -0.39 is 0 Å². The van der Waals surface area contributed by atoms with Crippen molar-refractivity contribution in [1.82, 2.24) is 0 Å². The first kappa shape index (κ1) is 15.9. The van der Waals surface area contributed by atoms with E-state index in [0.717, 1.165) is 19.8 Å². The third-order valence-corrected chi connectivity index (χ3v) is 3.57. The van der Waals surface area contributed by atoms with Crippen LogP contribution in [0.25, 0.3) is 11.0 Å². The van der Waals surface area contributed by atoms with Gasteiger partial charge in [-0.2, -0.15) is 0 Å². The first-order chi connectivity index (χ1) is 9.65. The highest BCUT2D eigenvalue weighted by Gasteiger charge is 2.11. The van der Waals surface area contributed by atoms with E-state index in [0.29, 0.717) is 30.3 Å². The molecule has 0 spiro atoms. The van der Waals surface area contributed by atoms with Crippen molar-refractivity contribution in [3.63, 3.8) is 0 Å². The molecule has 0 amide bonds. The molecule has 20 heavy (non-hydrogen) atoms. The smallest absolute Gasteiger partial charge is 0.336 e. The van der Waals surface area contributed by atoms with E-state index >= 15 is 0 Å². The van der Waals surface area contributed by atoms with Gasteiger partial charge in [-0.3, -0.25) is 0 Å². The SMILES string of the molecule is Cc1cc(=O)oc2cc(OCCI)c(OCCI)cc12. The number of benzene rings is 1. The van der Waals surface area contributed by atoms with E-state index in [1.165, 1.54) is 6.07 Å². The standard InChI is InChI=1S/C14H14I2O4/c1-9-6-14(17)20-11-8-13(19-5-3-16)12(7-10(9)11)18-4-2-15/h6-8H,2-5H2,1H3. The van der Waals surface area contributed by atoms with Gasteiger partial charge in [-0.15, -0.1) is 0 Å². The number of fused-ring (bicyclic) bond motifs is 1. The third kappa shape index (κ3) is 3.78. The zero-order valence-electron chi connectivity index (χ0n) is 10.9. The van der Waals surface area contributed by atoms with Crippen LogP contribution in [-0.4, -0.2) is 22.1 Å². The second-order valence-electron chi connectivity index (χ2n) is 4.12. The molecule has 0 unspecified atom stereocenters. The van der Waals surface area contributed by atoms with Gasteiger partial charge < -0.3 is 13.9 Å². The van der Waals surface area contributed by atoms with Crippen LogP contribution < -0.4 is 15.1 Å². The van der Waals surface area contributed by atoms with E-state index in [1.54, 1.807) is 6.07 Å². The highest BCUT2D eigenvalue weighted by molar-refractivity contribution is 14.1. The molecule has 0 fully saturated rings. The Kier molecular flexibility index (Phi) is 5.94. The zero-order valence-corrected chi connectivity index (χ0v) is 15.3. The molecular formula is C14H14I2O4. The Balaban J connectivity index is 2.52. The Morgan fingerprint density at radius 2 is 1.65 bits per heavy atom. The fraction of sp³-hybridized carbons (Fsp3) is 0.357. The van der Waals surface area contributed by atoms with Crippen LogP contribution >= 0.6 is 45.2 Å². The minimum Gasteiger partial charge on any atom is -0.489 e. The molecule has 0 bridgehead atoms. The first-order valence-electron chi connectivity index (χ1n) is 6.11. The Bertz CT molecular complexity index is 651. The molecule has 4 nitrogen and oxygen atoms in total.